The second kappa shape index (κ2) is 5.17. The average Bonchev–Trinajstić information content (AvgIpc) is 2.48. The minimum absolute atomic E-state index is 0.225. The molecule has 0 bridgehead atoms. The largest absolute Gasteiger partial charge is 0.237 e. The molecule has 1 aliphatic carbocycles. The molecule has 0 unspecified atom stereocenters. The van der Waals surface area contributed by atoms with Gasteiger partial charge < -0.3 is 0 Å². The predicted octanol–water partition coefficient (Wildman–Crippen LogP) is 4.33. The van der Waals surface area contributed by atoms with Gasteiger partial charge in [0.05, 0.1) is 0 Å². The molecule has 2 nitrogen and oxygen atoms in total. The molecule has 0 amide bonds. The maximum Gasteiger partial charge on any atom is 0.140 e. The van der Waals surface area contributed by atoms with Crippen LogP contribution in [-0.4, -0.2) is 9.97 Å². The molecule has 0 N–H and O–H groups in total. The van der Waals surface area contributed by atoms with Crippen LogP contribution in [-0.2, 0) is 18.3 Å². The van der Waals surface area contributed by atoms with Crippen molar-refractivity contribution < 1.29 is 0 Å². The van der Waals surface area contributed by atoms with Crippen molar-refractivity contribution in [2.45, 2.75) is 44.9 Å². The minimum atomic E-state index is -0.225. The lowest BCUT2D eigenvalue weighted by atomic mass is 9.83. The molecule has 1 aromatic carbocycles. The van der Waals surface area contributed by atoms with E-state index in [1.807, 2.05) is 6.07 Å². The molecule has 0 saturated heterocycles. The number of rotatable bonds is 2. The van der Waals surface area contributed by atoms with Gasteiger partial charge in [-0.25, -0.2) is 9.97 Å². The van der Waals surface area contributed by atoms with E-state index in [9.17, 15) is 0 Å². The number of aromatic nitrogens is 2. The van der Waals surface area contributed by atoms with Gasteiger partial charge in [-0.2, -0.15) is 0 Å². The number of aryl methyl sites for hydroxylation is 1. The minimum Gasteiger partial charge on any atom is -0.237 e. The van der Waals surface area contributed by atoms with Crippen LogP contribution in [0.4, 0.5) is 0 Å². The molecule has 0 radical (unpaired) electrons. The van der Waals surface area contributed by atoms with E-state index in [1.54, 1.807) is 0 Å². The summed E-state index contributed by atoms with van der Waals surface area (Å²) in [5.74, 6) is 0.828. The molecule has 0 aliphatic heterocycles. The Balaban J connectivity index is 2.08. The normalized spacial score (nSPS) is 14.9. The van der Waals surface area contributed by atoms with Crippen LogP contribution in [0.25, 0.3) is 0 Å². The fourth-order valence-electron chi connectivity index (χ4n) is 2.81. The molecule has 0 fully saturated rings. The van der Waals surface area contributed by atoms with E-state index in [4.69, 9.17) is 16.6 Å². The van der Waals surface area contributed by atoms with Gasteiger partial charge in [-0.3, -0.25) is 0 Å². The van der Waals surface area contributed by atoms with Crippen LogP contribution in [0.5, 0.6) is 0 Å². The van der Waals surface area contributed by atoms with Crippen LogP contribution in [0.2, 0.25) is 5.15 Å². The zero-order valence-corrected chi connectivity index (χ0v) is 12.7. The van der Waals surface area contributed by atoms with Crippen molar-refractivity contribution in [2.24, 2.45) is 0 Å². The van der Waals surface area contributed by atoms with Crippen molar-refractivity contribution in [1.29, 1.82) is 0 Å². The Morgan fingerprint density at radius 2 is 1.70 bits per heavy atom. The van der Waals surface area contributed by atoms with E-state index < -0.39 is 0 Å². The smallest absolute Gasteiger partial charge is 0.140 e. The first kappa shape index (κ1) is 13.6. The average molecular weight is 287 g/mol. The van der Waals surface area contributed by atoms with Gasteiger partial charge in [-0.1, -0.05) is 41.9 Å². The predicted molar refractivity (Wildman–Crippen MR) is 82.3 cm³/mol. The molecule has 0 atom stereocenters. The zero-order chi connectivity index (χ0) is 14.2. The van der Waals surface area contributed by atoms with Crippen LogP contribution >= 0.6 is 11.6 Å². The molecule has 1 aliphatic rings. The van der Waals surface area contributed by atoms with Crippen molar-refractivity contribution in [3.63, 3.8) is 0 Å². The van der Waals surface area contributed by atoms with Gasteiger partial charge in [0.2, 0.25) is 0 Å². The maximum absolute atomic E-state index is 6.39. The fourth-order valence-corrected chi connectivity index (χ4v) is 3.10. The van der Waals surface area contributed by atoms with Crippen molar-refractivity contribution in [2.75, 3.05) is 0 Å². The van der Waals surface area contributed by atoms with E-state index in [-0.39, 0.29) is 5.41 Å². The third kappa shape index (κ3) is 2.33. The first-order valence-electron chi connectivity index (χ1n) is 7.20. The highest BCUT2D eigenvalue weighted by atomic mass is 35.5. The van der Waals surface area contributed by atoms with Gasteiger partial charge >= 0.3 is 0 Å². The molecular formula is C17H19ClN2. The van der Waals surface area contributed by atoms with Gasteiger partial charge in [0.25, 0.3) is 0 Å². The summed E-state index contributed by atoms with van der Waals surface area (Å²) in [6.07, 6.45) is 4.43. The summed E-state index contributed by atoms with van der Waals surface area (Å²) in [4.78, 5) is 9.42. The van der Waals surface area contributed by atoms with Crippen LogP contribution in [0.1, 0.15) is 49.3 Å². The third-order valence-corrected chi connectivity index (χ3v) is 4.50. The molecule has 2 aromatic rings. The summed E-state index contributed by atoms with van der Waals surface area (Å²) in [7, 11) is 0. The van der Waals surface area contributed by atoms with Crippen molar-refractivity contribution in [3.8, 4) is 0 Å². The van der Waals surface area contributed by atoms with Crippen LogP contribution in [0.3, 0.4) is 0 Å². The number of halogens is 1. The molecule has 0 spiro atoms. The number of fused-ring (bicyclic) bond motifs is 1. The Kier molecular flexibility index (Phi) is 3.51. The number of hydrogen-bond donors (Lipinski definition) is 0. The van der Waals surface area contributed by atoms with Crippen LogP contribution in [0, 0.1) is 0 Å². The standard InChI is InChI=1S/C17H19ClN2/c1-17(2,12-8-4-3-5-9-12)16-19-14-11-7-6-10-13(14)15(18)20-16/h3-5,8-9H,6-7,10-11H2,1-2H3. The Labute approximate surface area is 125 Å². The Morgan fingerprint density at radius 3 is 2.45 bits per heavy atom. The molecule has 3 heteroatoms. The lowest BCUT2D eigenvalue weighted by Gasteiger charge is -2.26. The maximum atomic E-state index is 6.39. The summed E-state index contributed by atoms with van der Waals surface area (Å²) in [5, 5.41) is 0.647. The van der Waals surface area contributed by atoms with Crippen molar-refractivity contribution in [1.82, 2.24) is 9.97 Å². The molecule has 0 saturated carbocycles. The number of nitrogens with zero attached hydrogens (tertiary/aromatic N) is 2. The SMILES string of the molecule is CC(C)(c1ccccc1)c1nc(Cl)c2c(n1)CCCC2. The highest BCUT2D eigenvalue weighted by molar-refractivity contribution is 6.30. The van der Waals surface area contributed by atoms with E-state index in [0.29, 0.717) is 5.15 Å². The monoisotopic (exact) mass is 286 g/mol. The van der Waals surface area contributed by atoms with Crippen molar-refractivity contribution in [3.05, 3.63) is 58.1 Å². The van der Waals surface area contributed by atoms with E-state index in [2.05, 4.69) is 43.1 Å². The lowest BCUT2D eigenvalue weighted by Crippen LogP contribution is -2.24. The molecule has 1 heterocycles. The second-order valence-electron chi connectivity index (χ2n) is 5.96. The molecule has 20 heavy (non-hydrogen) atoms. The summed E-state index contributed by atoms with van der Waals surface area (Å²) in [6.45, 7) is 4.31. The molecule has 3 rings (SSSR count). The summed E-state index contributed by atoms with van der Waals surface area (Å²) >= 11 is 6.39. The Morgan fingerprint density at radius 1 is 1.00 bits per heavy atom. The molecular weight excluding hydrogens is 268 g/mol. The van der Waals surface area contributed by atoms with E-state index in [0.717, 1.165) is 29.9 Å². The summed E-state index contributed by atoms with van der Waals surface area (Å²) in [5.41, 5.74) is 3.30. The zero-order valence-electron chi connectivity index (χ0n) is 12.0. The highest BCUT2D eigenvalue weighted by Gasteiger charge is 2.28. The van der Waals surface area contributed by atoms with Gasteiger partial charge in [0.15, 0.2) is 0 Å². The Bertz CT molecular complexity index is 620. The molecule has 1 aromatic heterocycles. The van der Waals surface area contributed by atoms with Crippen LogP contribution in [0.15, 0.2) is 30.3 Å². The quantitative estimate of drug-likeness (QED) is 0.768. The van der Waals surface area contributed by atoms with Gasteiger partial charge in [-0.05, 0) is 45.1 Å². The van der Waals surface area contributed by atoms with Crippen LogP contribution < -0.4 is 0 Å². The highest BCUT2D eigenvalue weighted by Crippen LogP contribution is 2.32. The number of benzene rings is 1. The van der Waals surface area contributed by atoms with Gasteiger partial charge in [0, 0.05) is 16.7 Å². The first-order valence-corrected chi connectivity index (χ1v) is 7.58. The third-order valence-electron chi connectivity index (χ3n) is 4.19. The van der Waals surface area contributed by atoms with E-state index in [1.165, 1.54) is 18.4 Å². The summed E-state index contributed by atoms with van der Waals surface area (Å²) < 4.78 is 0. The number of hydrogen-bond acceptors (Lipinski definition) is 2. The topological polar surface area (TPSA) is 25.8 Å². The summed E-state index contributed by atoms with van der Waals surface area (Å²) in [6, 6.07) is 10.4. The van der Waals surface area contributed by atoms with Crippen molar-refractivity contribution >= 4 is 11.6 Å². The van der Waals surface area contributed by atoms with Gasteiger partial charge in [-0.15, -0.1) is 0 Å². The second-order valence-corrected chi connectivity index (χ2v) is 6.32. The van der Waals surface area contributed by atoms with E-state index >= 15 is 0 Å². The first-order chi connectivity index (χ1) is 9.59. The lowest BCUT2D eigenvalue weighted by molar-refractivity contribution is 0.569. The fraction of sp³-hybridized carbons (Fsp3) is 0.412. The Hall–Kier alpha value is -1.41. The molecule has 104 valence electrons. The van der Waals surface area contributed by atoms with Gasteiger partial charge in [0.1, 0.15) is 11.0 Å².